The van der Waals surface area contributed by atoms with Crippen molar-refractivity contribution in [2.75, 3.05) is 12.5 Å². The highest BCUT2D eigenvalue weighted by Gasteiger charge is 2.09. The Hall–Kier alpha value is -0.990. The first-order valence-corrected chi connectivity index (χ1v) is 8.50. The number of ether oxygens (including phenoxy) is 1. The molecule has 21 heavy (non-hydrogen) atoms. The third-order valence-corrected chi connectivity index (χ3v) is 4.40. The summed E-state index contributed by atoms with van der Waals surface area (Å²) < 4.78 is 6.84. The fraction of sp³-hybridized carbons (Fsp3) is 0.333. The van der Waals surface area contributed by atoms with E-state index in [0.717, 1.165) is 23.1 Å². The van der Waals surface area contributed by atoms with Crippen LogP contribution in [0, 0.1) is 12.8 Å². The van der Waals surface area contributed by atoms with Crippen molar-refractivity contribution < 1.29 is 4.74 Å². The Morgan fingerprint density at radius 2 is 1.90 bits per heavy atom. The van der Waals surface area contributed by atoms with Gasteiger partial charge in [0.1, 0.15) is 5.75 Å². The number of hydrogen-bond donors (Lipinski definition) is 0. The Kier molecular flexibility index (Phi) is 6.59. The molecule has 0 aliphatic heterocycles. The zero-order chi connectivity index (χ0) is 15.1. The smallest absolute Gasteiger partial charge is 0.119 e. The number of rotatable bonds is 7. The predicted octanol–water partition coefficient (Wildman–Crippen LogP) is 5.62. The summed E-state index contributed by atoms with van der Waals surface area (Å²) in [6.45, 7) is 2.82. The maximum Gasteiger partial charge on any atom is 0.119 e. The summed E-state index contributed by atoms with van der Waals surface area (Å²) in [5, 5.41) is 0. The van der Waals surface area contributed by atoms with Gasteiger partial charge >= 0.3 is 0 Å². The van der Waals surface area contributed by atoms with E-state index in [0.29, 0.717) is 18.4 Å². The van der Waals surface area contributed by atoms with Gasteiger partial charge in [-0.25, -0.2) is 0 Å². The lowest BCUT2D eigenvalue weighted by Crippen LogP contribution is -2.11. The second-order valence-electron chi connectivity index (χ2n) is 5.30. The normalized spacial score (nSPS) is 12.1. The van der Waals surface area contributed by atoms with Crippen LogP contribution in [-0.4, -0.2) is 12.5 Å². The average Bonchev–Trinajstić information content (AvgIpc) is 2.48. The molecule has 0 aliphatic carbocycles. The van der Waals surface area contributed by atoms with Gasteiger partial charge in [-0.3, -0.25) is 0 Å². The van der Waals surface area contributed by atoms with Crippen LogP contribution in [0.25, 0.3) is 0 Å². The summed E-state index contributed by atoms with van der Waals surface area (Å²) >= 11 is 9.52. The second kappa shape index (κ2) is 8.45. The van der Waals surface area contributed by atoms with Crippen LogP contribution in [0.5, 0.6) is 5.75 Å². The van der Waals surface area contributed by atoms with Crippen LogP contribution in [0.4, 0.5) is 0 Å². The van der Waals surface area contributed by atoms with Gasteiger partial charge in [-0.2, -0.15) is 0 Å². The number of benzene rings is 2. The highest BCUT2D eigenvalue weighted by Crippen LogP contribution is 2.19. The second-order valence-corrected chi connectivity index (χ2v) is 6.53. The van der Waals surface area contributed by atoms with Crippen LogP contribution < -0.4 is 4.74 Å². The maximum atomic E-state index is 6.10. The minimum absolute atomic E-state index is 0.448. The van der Waals surface area contributed by atoms with Gasteiger partial charge in [-0.05, 0) is 55.5 Å². The third-order valence-electron chi connectivity index (χ3n) is 3.43. The topological polar surface area (TPSA) is 9.23 Å². The van der Waals surface area contributed by atoms with E-state index in [1.165, 1.54) is 11.1 Å². The molecule has 0 amide bonds. The van der Waals surface area contributed by atoms with Crippen LogP contribution >= 0.6 is 27.5 Å². The van der Waals surface area contributed by atoms with E-state index < -0.39 is 0 Å². The molecule has 0 fully saturated rings. The van der Waals surface area contributed by atoms with Crippen LogP contribution in [0.1, 0.15) is 17.5 Å². The molecule has 0 radical (unpaired) electrons. The summed E-state index contributed by atoms with van der Waals surface area (Å²) in [5.41, 5.74) is 2.65. The summed E-state index contributed by atoms with van der Waals surface area (Å²) in [7, 11) is 0. The largest absolute Gasteiger partial charge is 0.494 e. The first-order chi connectivity index (χ1) is 10.2. The molecule has 0 aromatic heterocycles. The Balaban J connectivity index is 1.81. The molecule has 0 saturated carbocycles. The molecule has 1 atom stereocenters. The van der Waals surface area contributed by atoms with E-state index in [2.05, 4.69) is 47.1 Å². The molecule has 0 aliphatic rings. The molecule has 0 spiro atoms. The summed E-state index contributed by atoms with van der Waals surface area (Å²) in [6, 6.07) is 16.5. The van der Waals surface area contributed by atoms with Crippen LogP contribution in [-0.2, 0) is 6.42 Å². The van der Waals surface area contributed by atoms with Gasteiger partial charge in [0, 0.05) is 10.4 Å². The molecule has 2 aromatic carbocycles. The monoisotopic (exact) mass is 366 g/mol. The fourth-order valence-corrected chi connectivity index (χ4v) is 2.81. The van der Waals surface area contributed by atoms with E-state index in [9.17, 15) is 0 Å². The molecular formula is C18H20BrClO. The van der Waals surface area contributed by atoms with Crippen molar-refractivity contribution in [2.45, 2.75) is 19.8 Å². The van der Waals surface area contributed by atoms with E-state index in [1.54, 1.807) is 0 Å². The number of hydrogen-bond acceptors (Lipinski definition) is 1. The van der Waals surface area contributed by atoms with Crippen LogP contribution in [0.15, 0.2) is 53.0 Å². The zero-order valence-corrected chi connectivity index (χ0v) is 14.5. The molecule has 3 heteroatoms. The molecule has 2 aromatic rings. The van der Waals surface area contributed by atoms with Crippen LogP contribution in [0.3, 0.4) is 0 Å². The van der Waals surface area contributed by atoms with Crippen molar-refractivity contribution in [2.24, 2.45) is 5.92 Å². The van der Waals surface area contributed by atoms with Crippen molar-refractivity contribution in [1.82, 2.24) is 0 Å². The highest BCUT2D eigenvalue weighted by atomic mass is 79.9. The standard InChI is InChI=1S/C18H20BrClO/c1-14-3-2-4-15(11-14)12-16(13-20)9-10-21-18-7-5-17(19)6-8-18/h2-8,11,16H,9-10,12-13H2,1H3. The minimum atomic E-state index is 0.448. The maximum absolute atomic E-state index is 6.10. The molecule has 0 heterocycles. The molecule has 0 saturated heterocycles. The van der Waals surface area contributed by atoms with Crippen molar-refractivity contribution in [3.8, 4) is 5.75 Å². The average molecular weight is 368 g/mol. The van der Waals surface area contributed by atoms with Gasteiger partial charge in [0.25, 0.3) is 0 Å². The fourth-order valence-electron chi connectivity index (χ4n) is 2.28. The quantitative estimate of drug-likeness (QED) is 0.577. The predicted molar refractivity (Wildman–Crippen MR) is 93.3 cm³/mol. The lowest BCUT2D eigenvalue weighted by Gasteiger charge is -2.15. The third kappa shape index (κ3) is 5.72. The molecule has 1 nitrogen and oxygen atoms in total. The van der Waals surface area contributed by atoms with Gasteiger partial charge in [0.2, 0.25) is 0 Å². The van der Waals surface area contributed by atoms with E-state index >= 15 is 0 Å². The summed E-state index contributed by atoms with van der Waals surface area (Å²) in [6.07, 6.45) is 1.97. The number of halogens is 2. The number of aryl methyl sites for hydroxylation is 1. The Bertz CT molecular complexity index is 553. The van der Waals surface area contributed by atoms with Crippen molar-refractivity contribution in [3.05, 3.63) is 64.1 Å². The number of alkyl halides is 1. The summed E-state index contributed by atoms with van der Waals surface area (Å²) in [5.74, 6) is 2.02. The zero-order valence-electron chi connectivity index (χ0n) is 12.2. The summed E-state index contributed by atoms with van der Waals surface area (Å²) in [4.78, 5) is 0. The Morgan fingerprint density at radius 3 is 2.57 bits per heavy atom. The molecule has 112 valence electrons. The van der Waals surface area contributed by atoms with Crippen molar-refractivity contribution in [1.29, 1.82) is 0 Å². The Labute approximate surface area is 140 Å². The molecule has 1 unspecified atom stereocenters. The van der Waals surface area contributed by atoms with E-state index in [4.69, 9.17) is 16.3 Å². The van der Waals surface area contributed by atoms with E-state index in [-0.39, 0.29) is 0 Å². The lowest BCUT2D eigenvalue weighted by molar-refractivity contribution is 0.284. The minimum Gasteiger partial charge on any atom is -0.494 e. The molecule has 0 bridgehead atoms. The van der Waals surface area contributed by atoms with Gasteiger partial charge in [0.15, 0.2) is 0 Å². The van der Waals surface area contributed by atoms with E-state index in [1.807, 2.05) is 24.3 Å². The first-order valence-electron chi connectivity index (χ1n) is 7.17. The van der Waals surface area contributed by atoms with Crippen LogP contribution in [0.2, 0.25) is 0 Å². The van der Waals surface area contributed by atoms with Gasteiger partial charge in [0.05, 0.1) is 6.61 Å². The van der Waals surface area contributed by atoms with Gasteiger partial charge < -0.3 is 4.74 Å². The van der Waals surface area contributed by atoms with Gasteiger partial charge in [-0.15, -0.1) is 11.6 Å². The molecule has 2 rings (SSSR count). The molecular weight excluding hydrogens is 348 g/mol. The van der Waals surface area contributed by atoms with Gasteiger partial charge in [-0.1, -0.05) is 45.8 Å². The highest BCUT2D eigenvalue weighted by molar-refractivity contribution is 9.10. The SMILES string of the molecule is Cc1cccc(CC(CCl)CCOc2ccc(Br)cc2)c1. The van der Waals surface area contributed by atoms with Crippen molar-refractivity contribution >= 4 is 27.5 Å². The van der Waals surface area contributed by atoms with Crippen molar-refractivity contribution in [3.63, 3.8) is 0 Å². The first kappa shape index (κ1) is 16.4. The Morgan fingerprint density at radius 1 is 1.14 bits per heavy atom. The lowest BCUT2D eigenvalue weighted by atomic mass is 9.97. The molecule has 0 N–H and O–H groups in total.